The Balaban J connectivity index is 1.42. The number of aliphatic carboxylic acids is 1. The van der Waals surface area contributed by atoms with E-state index in [1.807, 2.05) is 12.1 Å². The van der Waals surface area contributed by atoms with Crippen LogP contribution in [0, 0.1) is 17.8 Å². The van der Waals surface area contributed by atoms with Crippen molar-refractivity contribution < 1.29 is 34.4 Å². The number of ether oxygens (including phenoxy) is 2. The minimum Gasteiger partial charge on any atom is -0.508 e. The normalized spacial score (nSPS) is 23.1. The Hall–Kier alpha value is -3.06. The summed E-state index contributed by atoms with van der Waals surface area (Å²) < 4.78 is 11.4. The molecule has 0 spiro atoms. The van der Waals surface area contributed by atoms with Gasteiger partial charge >= 0.3 is 11.9 Å². The van der Waals surface area contributed by atoms with E-state index in [-0.39, 0.29) is 24.4 Å². The second-order valence-electron chi connectivity index (χ2n) is 10.5. The van der Waals surface area contributed by atoms with Crippen LogP contribution in [0.25, 0.3) is 0 Å². The number of fused-ring (bicyclic) bond motifs is 2. The van der Waals surface area contributed by atoms with Crippen LogP contribution in [-0.2, 0) is 22.4 Å². The van der Waals surface area contributed by atoms with Gasteiger partial charge in [0.15, 0.2) is 6.61 Å². The molecule has 2 aromatic rings. The summed E-state index contributed by atoms with van der Waals surface area (Å²) in [6.07, 6.45) is 7.03. The molecule has 1 fully saturated rings. The van der Waals surface area contributed by atoms with E-state index >= 15 is 0 Å². The molecule has 0 radical (unpaired) electrons. The fourth-order valence-corrected chi connectivity index (χ4v) is 6.19. The standard InChI is InChI=1S/C30H38O7/c1-2-3-4-10-23(37-30(35)20-8-5-9-22(31)14-20)12-13-24-25-15-19-7-6-11-28(36-18-29(33)34)26(19)16-21(25)17-27(24)32/h5-9,11,14,21,23-25,27,31-32H,2-4,10,12-13,15-18H2,1H3,(H,33,34)/t21-,23-,24+,25-,27+/m0/s1. The van der Waals surface area contributed by atoms with Gasteiger partial charge in [0.05, 0.1) is 11.7 Å². The molecular weight excluding hydrogens is 472 g/mol. The van der Waals surface area contributed by atoms with Gasteiger partial charge in [0.2, 0.25) is 0 Å². The molecule has 200 valence electrons. The second kappa shape index (κ2) is 12.5. The molecule has 4 rings (SSSR count). The summed E-state index contributed by atoms with van der Waals surface area (Å²) in [5.74, 6) is 0.00149. The molecule has 3 N–H and O–H groups in total. The number of unbranched alkanes of at least 4 members (excludes halogenated alkanes) is 2. The number of phenols is 1. The van der Waals surface area contributed by atoms with Crippen molar-refractivity contribution in [2.45, 2.75) is 76.9 Å². The summed E-state index contributed by atoms with van der Waals surface area (Å²) in [7, 11) is 0. The smallest absolute Gasteiger partial charge is 0.341 e. The molecule has 1 saturated carbocycles. The number of carboxylic acids is 1. The van der Waals surface area contributed by atoms with Gasteiger partial charge in [-0.2, -0.15) is 0 Å². The van der Waals surface area contributed by atoms with E-state index in [2.05, 4.69) is 13.0 Å². The lowest BCUT2D eigenvalue weighted by molar-refractivity contribution is -0.139. The van der Waals surface area contributed by atoms with Crippen molar-refractivity contribution in [2.75, 3.05) is 6.61 Å². The van der Waals surface area contributed by atoms with Crippen molar-refractivity contribution in [3.63, 3.8) is 0 Å². The van der Waals surface area contributed by atoms with Crippen LogP contribution in [0.2, 0.25) is 0 Å². The molecule has 0 amide bonds. The molecule has 0 heterocycles. The Morgan fingerprint density at radius 1 is 1.08 bits per heavy atom. The molecule has 0 aliphatic heterocycles. The number of hydrogen-bond acceptors (Lipinski definition) is 6. The van der Waals surface area contributed by atoms with Gasteiger partial charge in [0, 0.05) is 0 Å². The molecule has 7 nitrogen and oxygen atoms in total. The van der Waals surface area contributed by atoms with Crippen LogP contribution in [0.3, 0.4) is 0 Å². The fourth-order valence-electron chi connectivity index (χ4n) is 6.19. The van der Waals surface area contributed by atoms with Crippen LogP contribution >= 0.6 is 0 Å². The number of rotatable bonds is 12. The predicted octanol–water partition coefficient (Wildman–Crippen LogP) is 5.15. The molecule has 37 heavy (non-hydrogen) atoms. The quantitative estimate of drug-likeness (QED) is 0.267. The van der Waals surface area contributed by atoms with Crippen molar-refractivity contribution in [1.82, 2.24) is 0 Å². The van der Waals surface area contributed by atoms with Crippen LogP contribution < -0.4 is 4.74 Å². The van der Waals surface area contributed by atoms with Crippen LogP contribution in [0.4, 0.5) is 0 Å². The largest absolute Gasteiger partial charge is 0.508 e. The summed E-state index contributed by atoms with van der Waals surface area (Å²) in [4.78, 5) is 23.7. The summed E-state index contributed by atoms with van der Waals surface area (Å²) in [5, 5.41) is 29.7. The van der Waals surface area contributed by atoms with Gasteiger partial charge in [0.1, 0.15) is 17.6 Å². The fraction of sp³-hybridized carbons (Fsp3) is 0.533. The highest BCUT2D eigenvalue weighted by molar-refractivity contribution is 5.89. The molecule has 0 bridgehead atoms. The van der Waals surface area contributed by atoms with E-state index < -0.39 is 18.0 Å². The first-order valence-electron chi connectivity index (χ1n) is 13.5. The minimum atomic E-state index is -0.999. The number of aliphatic hydroxyl groups excluding tert-OH is 1. The van der Waals surface area contributed by atoms with E-state index in [0.29, 0.717) is 36.0 Å². The Morgan fingerprint density at radius 2 is 1.89 bits per heavy atom. The van der Waals surface area contributed by atoms with Crippen molar-refractivity contribution >= 4 is 11.9 Å². The number of phenolic OH excluding ortho intramolecular Hbond substituents is 1. The first-order chi connectivity index (χ1) is 17.9. The number of carbonyl (C=O) groups is 2. The van der Waals surface area contributed by atoms with Crippen LogP contribution in [0.5, 0.6) is 11.5 Å². The number of esters is 1. The monoisotopic (exact) mass is 510 g/mol. The maximum absolute atomic E-state index is 12.8. The molecular formula is C30H38O7. The Kier molecular flexibility index (Phi) is 9.09. The van der Waals surface area contributed by atoms with Gasteiger partial charge in [-0.25, -0.2) is 9.59 Å². The zero-order valence-corrected chi connectivity index (χ0v) is 21.5. The zero-order valence-electron chi connectivity index (χ0n) is 21.5. The third-order valence-corrected chi connectivity index (χ3v) is 8.00. The minimum absolute atomic E-state index is 0.0335. The van der Waals surface area contributed by atoms with Crippen LogP contribution in [0.15, 0.2) is 42.5 Å². The van der Waals surface area contributed by atoms with E-state index in [1.54, 1.807) is 12.1 Å². The highest BCUT2D eigenvalue weighted by Gasteiger charge is 2.45. The molecule has 5 atom stereocenters. The molecule has 0 aromatic heterocycles. The van der Waals surface area contributed by atoms with Gasteiger partial charge in [-0.3, -0.25) is 0 Å². The van der Waals surface area contributed by atoms with Crippen molar-refractivity contribution in [3.8, 4) is 11.5 Å². The highest BCUT2D eigenvalue weighted by atomic mass is 16.5. The summed E-state index contributed by atoms with van der Waals surface area (Å²) >= 11 is 0. The number of aromatic hydroxyl groups is 1. The van der Waals surface area contributed by atoms with Crippen LogP contribution in [-0.4, -0.2) is 46.1 Å². The average molecular weight is 511 g/mol. The summed E-state index contributed by atoms with van der Waals surface area (Å²) in [6, 6.07) is 12.0. The number of carboxylic acid groups (broad SMARTS) is 1. The Bertz CT molecular complexity index is 1080. The van der Waals surface area contributed by atoms with Gasteiger partial charge in [-0.1, -0.05) is 38.0 Å². The molecule has 7 heteroatoms. The van der Waals surface area contributed by atoms with Gasteiger partial charge in [-0.15, -0.1) is 0 Å². The average Bonchev–Trinajstić information content (AvgIpc) is 3.18. The number of benzene rings is 2. The predicted molar refractivity (Wildman–Crippen MR) is 139 cm³/mol. The molecule has 0 unspecified atom stereocenters. The van der Waals surface area contributed by atoms with E-state index in [1.165, 1.54) is 12.1 Å². The molecule has 2 aromatic carbocycles. The van der Waals surface area contributed by atoms with Crippen molar-refractivity contribution in [2.24, 2.45) is 17.8 Å². The first kappa shape index (κ1) is 27.0. The Morgan fingerprint density at radius 3 is 2.65 bits per heavy atom. The van der Waals surface area contributed by atoms with Gasteiger partial charge < -0.3 is 24.8 Å². The van der Waals surface area contributed by atoms with E-state index in [0.717, 1.165) is 56.1 Å². The van der Waals surface area contributed by atoms with Crippen LogP contribution in [0.1, 0.15) is 73.4 Å². The van der Waals surface area contributed by atoms with E-state index in [4.69, 9.17) is 14.6 Å². The number of carbonyl (C=O) groups excluding carboxylic acids is 1. The summed E-state index contributed by atoms with van der Waals surface area (Å²) in [5.41, 5.74) is 2.57. The molecule has 0 saturated heterocycles. The Labute approximate surface area is 218 Å². The van der Waals surface area contributed by atoms with Gasteiger partial charge in [0.25, 0.3) is 0 Å². The zero-order chi connectivity index (χ0) is 26.4. The van der Waals surface area contributed by atoms with Crippen molar-refractivity contribution in [1.29, 1.82) is 0 Å². The lowest BCUT2D eigenvalue weighted by Gasteiger charge is -2.32. The maximum Gasteiger partial charge on any atom is 0.341 e. The third kappa shape index (κ3) is 6.83. The topological polar surface area (TPSA) is 113 Å². The second-order valence-corrected chi connectivity index (χ2v) is 10.5. The van der Waals surface area contributed by atoms with Crippen molar-refractivity contribution in [3.05, 3.63) is 59.2 Å². The SMILES string of the molecule is CCCCC[C@@H](CC[C@@H]1[C@H]2Cc3cccc(OCC(=O)O)c3C[C@H]2C[C@H]1O)OC(=O)c1cccc(O)c1. The lowest BCUT2D eigenvalue weighted by Crippen LogP contribution is -2.29. The summed E-state index contributed by atoms with van der Waals surface area (Å²) in [6.45, 7) is 1.78. The maximum atomic E-state index is 12.8. The van der Waals surface area contributed by atoms with Gasteiger partial charge in [-0.05, 0) is 98.1 Å². The number of aliphatic hydroxyl groups is 1. The third-order valence-electron chi connectivity index (χ3n) is 8.00. The lowest BCUT2D eigenvalue weighted by atomic mass is 9.73. The highest BCUT2D eigenvalue weighted by Crippen LogP contribution is 2.48. The molecule has 2 aliphatic carbocycles. The first-order valence-corrected chi connectivity index (χ1v) is 13.5. The van der Waals surface area contributed by atoms with E-state index in [9.17, 15) is 19.8 Å². The molecule has 2 aliphatic rings. The number of hydrogen-bond donors (Lipinski definition) is 3.